The van der Waals surface area contributed by atoms with Crippen molar-refractivity contribution in [1.82, 2.24) is 0 Å². The van der Waals surface area contributed by atoms with Gasteiger partial charge in [-0.1, -0.05) is 38.5 Å². The van der Waals surface area contributed by atoms with E-state index >= 15 is 0 Å². The molecule has 0 saturated carbocycles. The van der Waals surface area contributed by atoms with Crippen molar-refractivity contribution in [3.8, 4) is 0 Å². The maximum atomic E-state index is 11.3. The number of carbonyl (C=O) groups is 1. The van der Waals surface area contributed by atoms with Crippen molar-refractivity contribution in [2.24, 2.45) is 11.5 Å². The third kappa shape index (κ3) is 10.4. The fourth-order valence-electron chi connectivity index (χ4n) is 1.68. The topological polar surface area (TPSA) is 98.6 Å². The van der Waals surface area contributed by atoms with Gasteiger partial charge in [0.1, 0.15) is 5.70 Å². The number of aliphatic hydroxyl groups excluding tert-OH is 1. The van der Waals surface area contributed by atoms with E-state index in [0.717, 1.165) is 32.1 Å². The van der Waals surface area contributed by atoms with Crippen molar-refractivity contribution in [2.75, 3.05) is 13.2 Å². The van der Waals surface area contributed by atoms with Crippen molar-refractivity contribution in [3.63, 3.8) is 0 Å². The summed E-state index contributed by atoms with van der Waals surface area (Å²) in [6.07, 6.45) is 8.68. The standard InChI is InChI=1S/C14H28N2O3/c1-12(15)13(16)14(18)19-11-9-7-5-3-2-4-6-8-10-17/h17H,2-11,15-16H2,1H3/b13-12+. The third-order valence-corrected chi connectivity index (χ3v) is 2.93. The summed E-state index contributed by atoms with van der Waals surface area (Å²) >= 11 is 0. The largest absolute Gasteiger partial charge is 0.461 e. The van der Waals surface area contributed by atoms with Gasteiger partial charge < -0.3 is 21.3 Å². The van der Waals surface area contributed by atoms with Gasteiger partial charge in [0.15, 0.2) is 0 Å². The molecule has 0 amide bonds. The van der Waals surface area contributed by atoms with E-state index in [1.807, 2.05) is 0 Å². The Morgan fingerprint density at radius 1 is 0.947 bits per heavy atom. The molecule has 0 aromatic carbocycles. The first kappa shape index (κ1) is 17.8. The molecular weight excluding hydrogens is 244 g/mol. The van der Waals surface area contributed by atoms with Crippen LogP contribution in [0.3, 0.4) is 0 Å². The first-order valence-electron chi connectivity index (χ1n) is 7.09. The number of unbranched alkanes of at least 4 members (excludes halogenated alkanes) is 7. The Morgan fingerprint density at radius 2 is 1.42 bits per heavy atom. The summed E-state index contributed by atoms with van der Waals surface area (Å²) in [5.74, 6) is -0.524. The number of hydrogen-bond acceptors (Lipinski definition) is 5. The van der Waals surface area contributed by atoms with E-state index < -0.39 is 5.97 Å². The Bertz CT molecular complexity index is 274. The van der Waals surface area contributed by atoms with Crippen LogP contribution in [0, 0.1) is 0 Å². The molecule has 0 bridgehead atoms. The first-order chi connectivity index (χ1) is 9.09. The Morgan fingerprint density at radius 3 is 1.89 bits per heavy atom. The van der Waals surface area contributed by atoms with E-state index in [4.69, 9.17) is 21.3 Å². The second kappa shape index (κ2) is 11.8. The van der Waals surface area contributed by atoms with Crippen LogP contribution in [-0.2, 0) is 9.53 Å². The number of esters is 1. The van der Waals surface area contributed by atoms with Crippen molar-refractivity contribution >= 4 is 5.97 Å². The maximum Gasteiger partial charge on any atom is 0.355 e. The molecule has 0 aromatic heterocycles. The van der Waals surface area contributed by atoms with Crippen LogP contribution in [0.4, 0.5) is 0 Å². The summed E-state index contributed by atoms with van der Waals surface area (Å²) in [4.78, 5) is 11.3. The van der Waals surface area contributed by atoms with Gasteiger partial charge in [-0.25, -0.2) is 4.79 Å². The predicted octanol–water partition coefficient (Wildman–Crippen LogP) is 1.79. The van der Waals surface area contributed by atoms with Crippen LogP contribution in [0.1, 0.15) is 58.3 Å². The average molecular weight is 272 g/mol. The summed E-state index contributed by atoms with van der Waals surface area (Å²) < 4.78 is 5.00. The lowest BCUT2D eigenvalue weighted by molar-refractivity contribution is -0.139. The van der Waals surface area contributed by atoms with E-state index in [0.29, 0.717) is 18.9 Å². The highest BCUT2D eigenvalue weighted by molar-refractivity contribution is 5.87. The number of hydrogen-bond donors (Lipinski definition) is 3. The van der Waals surface area contributed by atoms with Crippen molar-refractivity contribution < 1.29 is 14.6 Å². The van der Waals surface area contributed by atoms with E-state index in [9.17, 15) is 4.79 Å². The Labute approximate surface area is 116 Å². The molecule has 5 N–H and O–H groups in total. The predicted molar refractivity (Wildman–Crippen MR) is 76.1 cm³/mol. The molecule has 112 valence electrons. The lowest BCUT2D eigenvalue weighted by Crippen LogP contribution is -2.19. The van der Waals surface area contributed by atoms with Crippen LogP contribution in [0.15, 0.2) is 11.4 Å². The van der Waals surface area contributed by atoms with Gasteiger partial charge in [0.25, 0.3) is 0 Å². The van der Waals surface area contributed by atoms with Gasteiger partial charge in [-0.15, -0.1) is 0 Å². The number of aliphatic hydroxyl groups is 1. The van der Waals surface area contributed by atoms with Gasteiger partial charge in [0.05, 0.1) is 6.61 Å². The summed E-state index contributed by atoms with van der Waals surface area (Å²) in [5.41, 5.74) is 11.1. The van der Waals surface area contributed by atoms with Crippen LogP contribution in [0.5, 0.6) is 0 Å². The van der Waals surface area contributed by atoms with Gasteiger partial charge in [0, 0.05) is 12.3 Å². The smallest absolute Gasteiger partial charge is 0.355 e. The molecule has 0 heterocycles. The van der Waals surface area contributed by atoms with Gasteiger partial charge in [-0.2, -0.15) is 0 Å². The summed E-state index contributed by atoms with van der Waals surface area (Å²) in [5, 5.41) is 8.62. The summed E-state index contributed by atoms with van der Waals surface area (Å²) in [6.45, 7) is 2.27. The van der Waals surface area contributed by atoms with Crippen molar-refractivity contribution in [3.05, 3.63) is 11.4 Å². The molecule has 5 heteroatoms. The second-order valence-electron chi connectivity index (χ2n) is 4.78. The van der Waals surface area contributed by atoms with Crippen LogP contribution in [0.25, 0.3) is 0 Å². The average Bonchev–Trinajstić information content (AvgIpc) is 2.39. The molecule has 0 radical (unpaired) electrons. The minimum Gasteiger partial charge on any atom is -0.461 e. The molecule has 0 aliphatic rings. The van der Waals surface area contributed by atoms with E-state index in [2.05, 4.69) is 0 Å². The number of nitrogens with two attached hydrogens (primary N) is 2. The fourth-order valence-corrected chi connectivity index (χ4v) is 1.68. The van der Waals surface area contributed by atoms with Gasteiger partial charge >= 0.3 is 5.97 Å². The van der Waals surface area contributed by atoms with Crippen LogP contribution in [0.2, 0.25) is 0 Å². The lowest BCUT2D eigenvalue weighted by atomic mass is 10.1. The highest BCUT2D eigenvalue weighted by atomic mass is 16.5. The molecule has 0 atom stereocenters. The second-order valence-corrected chi connectivity index (χ2v) is 4.78. The molecule has 19 heavy (non-hydrogen) atoms. The maximum absolute atomic E-state index is 11.3. The van der Waals surface area contributed by atoms with Crippen LogP contribution >= 0.6 is 0 Å². The zero-order valence-corrected chi connectivity index (χ0v) is 12.0. The van der Waals surface area contributed by atoms with Crippen LogP contribution in [-0.4, -0.2) is 24.3 Å². The SMILES string of the molecule is C/C(N)=C(\N)C(=O)OCCCCCCCCCCO. The molecule has 0 aliphatic carbocycles. The number of carbonyl (C=O) groups excluding carboxylic acids is 1. The molecule has 0 spiro atoms. The molecule has 5 nitrogen and oxygen atoms in total. The fraction of sp³-hybridized carbons (Fsp3) is 0.786. The molecule has 0 rings (SSSR count). The zero-order chi connectivity index (χ0) is 14.5. The Balaban J connectivity index is 3.32. The van der Waals surface area contributed by atoms with Gasteiger partial charge in [-0.05, 0) is 19.8 Å². The summed E-state index contributed by atoms with van der Waals surface area (Å²) in [6, 6.07) is 0. The lowest BCUT2D eigenvalue weighted by Gasteiger charge is -2.06. The number of allylic oxidation sites excluding steroid dienone is 1. The van der Waals surface area contributed by atoms with Crippen LogP contribution < -0.4 is 11.5 Å². The Hall–Kier alpha value is -1.23. The first-order valence-corrected chi connectivity index (χ1v) is 7.09. The number of rotatable bonds is 11. The quantitative estimate of drug-likeness (QED) is 0.302. The molecule has 0 aliphatic heterocycles. The minimum atomic E-state index is -0.524. The van der Waals surface area contributed by atoms with Gasteiger partial charge in [-0.3, -0.25) is 0 Å². The van der Waals surface area contributed by atoms with Crippen molar-refractivity contribution in [1.29, 1.82) is 0 Å². The monoisotopic (exact) mass is 272 g/mol. The number of ether oxygens (including phenoxy) is 1. The highest BCUT2D eigenvalue weighted by Crippen LogP contribution is 2.08. The molecule has 0 unspecified atom stereocenters. The molecule has 0 saturated heterocycles. The van der Waals surface area contributed by atoms with E-state index in [-0.39, 0.29) is 5.70 Å². The van der Waals surface area contributed by atoms with E-state index in [1.165, 1.54) is 19.3 Å². The Kier molecular flexibility index (Phi) is 11.1. The third-order valence-electron chi connectivity index (χ3n) is 2.93. The zero-order valence-electron chi connectivity index (χ0n) is 12.0. The van der Waals surface area contributed by atoms with E-state index in [1.54, 1.807) is 6.92 Å². The molecule has 0 aromatic rings. The molecule has 0 fully saturated rings. The highest BCUT2D eigenvalue weighted by Gasteiger charge is 2.08. The van der Waals surface area contributed by atoms with Crippen molar-refractivity contribution in [2.45, 2.75) is 58.3 Å². The van der Waals surface area contributed by atoms with Gasteiger partial charge in [0.2, 0.25) is 0 Å². The minimum absolute atomic E-state index is 0.00360. The summed E-state index contributed by atoms with van der Waals surface area (Å²) in [7, 11) is 0. The molecular formula is C14H28N2O3. The normalized spacial score (nSPS) is 12.1.